The molecule has 0 heterocycles. The molecule has 462 valence electrons. The SMILES string of the molecule is CCCCC/C=C\C/C=C\CCCCCCCC(=O)OCC(COC(=O)CCCCCCCCCCCCCCCCCCCCCCCCCCCCCCCC)OC(=O)CCCCCCC/C=C\C/C=C\CCCCCC. The second-order valence-corrected chi connectivity index (χ2v) is 23.8. The minimum absolute atomic E-state index is 0.0800. The third-order valence-corrected chi connectivity index (χ3v) is 15.8. The Labute approximate surface area is 492 Å². The van der Waals surface area contributed by atoms with E-state index in [4.69, 9.17) is 14.2 Å². The van der Waals surface area contributed by atoms with Gasteiger partial charge >= 0.3 is 17.9 Å². The van der Waals surface area contributed by atoms with Gasteiger partial charge in [-0.25, -0.2) is 0 Å². The van der Waals surface area contributed by atoms with Gasteiger partial charge in [-0.15, -0.1) is 0 Å². The van der Waals surface area contributed by atoms with Crippen molar-refractivity contribution in [3.05, 3.63) is 48.6 Å². The van der Waals surface area contributed by atoms with Gasteiger partial charge in [-0.2, -0.15) is 0 Å². The highest BCUT2D eigenvalue weighted by molar-refractivity contribution is 5.71. The third-order valence-electron chi connectivity index (χ3n) is 15.8. The van der Waals surface area contributed by atoms with E-state index >= 15 is 0 Å². The predicted octanol–water partition coefficient (Wildman–Crippen LogP) is 24.1. The van der Waals surface area contributed by atoms with Crippen molar-refractivity contribution in [3.8, 4) is 0 Å². The number of carbonyl (C=O) groups excluding carboxylic acids is 3. The fourth-order valence-electron chi connectivity index (χ4n) is 10.5. The molecule has 0 aromatic heterocycles. The molecule has 1 unspecified atom stereocenters. The highest BCUT2D eigenvalue weighted by Gasteiger charge is 2.19. The average molecular weight is 1110 g/mol. The zero-order valence-corrected chi connectivity index (χ0v) is 53.2. The average Bonchev–Trinajstić information content (AvgIpc) is 3.45. The highest BCUT2D eigenvalue weighted by Crippen LogP contribution is 2.18. The molecule has 6 heteroatoms. The summed E-state index contributed by atoms with van der Waals surface area (Å²) in [5.74, 6) is -0.886. The molecule has 0 amide bonds. The quantitative estimate of drug-likeness (QED) is 0.0261. The van der Waals surface area contributed by atoms with Crippen molar-refractivity contribution in [1.82, 2.24) is 0 Å². The monoisotopic (exact) mass is 1110 g/mol. The number of rotatable bonds is 65. The van der Waals surface area contributed by atoms with Crippen LogP contribution in [0.4, 0.5) is 0 Å². The molecule has 0 fully saturated rings. The van der Waals surface area contributed by atoms with Gasteiger partial charge in [-0.05, 0) is 83.5 Å². The Morgan fingerprint density at radius 2 is 0.456 bits per heavy atom. The lowest BCUT2D eigenvalue weighted by molar-refractivity contribution is -0.167. The lowest BCUT2D eigenvalue weighted by atomic mass is 10.0. The number of hydrogen-bond donors (Lipinski definition) is 0. The Morgan fingerprint density at radius 1 is 0.253 bits per heavy atom. The smallest absolute Gasteiger partial charge is 0.306 e. The van der Waals surface area contributed by atoms with E-state index in [9.17, 15) is 14.4 Å². The van der Waals surface area contributed by atoms with E-state index in [1.165, 1.54) is 238 Å². The highest BCUT2D eigenvalue weighted by atomic mass is 16.6. The number of carbonyl (C=O) groups is 3. The van der Waals surface area contributed by atoms with Gasteiger partial charge in [-0.3, -0.25) is 14.4 Å². The van der Waals surface area contributed by atoms with Crippen LogP contribution in [0.1, 0.15) is 380 Å². The first-order chi connectivity index (χ1) is 39.0. The van der Waals surface area contributed by atoms with E-state index < -0.39 is 6.10 Å². The van der Waals surface area contributed by atoms with Crippen molar-refractivity contribution in [1.29, 1.82) is 0 Å². The van der Waals surface area contributed by atoms with Gasteiger partial charge in [0.05, 0.1) is 0 Å². The van der Waals surface area contributed by atoms with Gasteiger partial charge < -0.3 is 14.2 Å². The summed E-state index contributed by atoms with van der Waals surface area (Å²) in [4.78, 5) is 38.4. The fourth-order valence-corrected chi connectivity index (χ4v) is 10.5. The van der Waals surface area contributed by atoms with Crippen molar-refractivity contribution >= 4 is 17.9 Å². The largest absolute Gasteiger partial charge is 0.462 e. The Kier molecular flexibility index (Phi) is 65.6. The Balaban J connectivity index is 4.19. The molecule has 0 rings (SSSR count). The second-order valence-electron chi connectivity index (χ2n) is 23.8. The molecule has 0 aliphatic rings. The summed E-state index contributed by atoms with van der Waals surface area (Å²) < 4.78 is 16.9. The Morgan fingerprint density at radius 3 is 0.734 bits per heavy atom. The van der Waals surface area contributed by atoms with Gasteiger partial charge in [0.2, 0.25) is 0 Å². The van der Waals surface area contributed by atoms with Crippen molar-refractivity contribution in [3.63, 3.8) is 0 Å². The van der Waals surface area contributed by atoms with Crippen LogP contribution in [0.2, 0.25) is 0 Å². The predicted molar refractivity (Wildman–Crippen MR) is 344 cm³/mol. The van der Waals surface area contributed by atoms with E-state index in [2.05, 4.69) is 69.4 Å². The molecule has 0 aliphatic carbocycles. The summed E-state index contributed by atoms with van der Waals surface area (Å²) in [5.41, 5.74) is 0. The van der Waals surface area contributed by atoms with Crippen LogP contribution in [0.5, 0.6) is 0 Å². The van der Waals surface area contributed by atoms with Gasteiger partial charge in [0.1, 0.15) is 13.2 Å². The first-order valence-electron chi connectivity index (χ1n) is 35.1. The minimum atomic E-state index is -0.786. The molecule has 0 saturated heterocycles. The van der Waals surface area contributed by atoms with Crippen LogP contribution in [0.3, 0.4) is 0 Å². The summed E-state index contributed by atoms with van der Waals surface area (Å²) in [6.07, 6.45) is 85.8. The summed E-state index contributed by atoms with van der Waals surface area (Å²) in [6.45, 7) is 6.63. The van der Waals surface area contributed by atoms with E-state index in [0.29, 0.717) is 19.3 Å². The van der Waals surface area contributed by atoms with E-state index in [1.807, 2.05) is 0 Å². The Hall–Kier alpha value is -2.63. The maximum absolute atomic E-state index is 12.9. The van der Waals surface area contributed by atoms with E-state index in [-0.39, 0.29) is 31.1 Å². The first kappa shape index (κ1) is 76.4. The van der Waals surface area contributed by atoms with Crippen molar-refractivity contribution in [2.24, 2.45) is 0 Å². The molecular weight excluding hydrogens is 973 g/mol. The van der Waals surface area contributed by atoms with Gasteiger partial charge in [0, 0.05) is 19.3 Å². The molecule has 0 radical (unpaired) electrons. The molecule has 0 aromatic carbocycles. The van der Waals surface area contributed by atoms with Crippen molar-refractivity contribution in [2.75, 3.05) is 13.2 Å². The lowest BCUT2D eigenvalue weighted by Gasteiger charge is -2.18. The third kappa shape index (κ3) is 66.1. The molecular formula is C73H134O6. The van der Waals surface area contributed by atoms with Crippen LogP contribution >= 0.6 is 0 Å². The van der Waals surface area contributed by atoms with Gasteiger partial charge in [0.25, 0.3) is 0 Å². The molecule has 0 N–H and O–H groups in total. The van der Waals surface area contributed by atoms with Crippen LogP contribution in [0.15, 0.2) is 48.6 Å². The maximum Gasteiger partial charge on any atom is 0.306 e. The van der Waals surface area contributed by atoms with Crippen LogP contribution in [0.25, 0.3) is 0 Å². The van der Waals surface area contributed by atoms with E-state index in [1.54, 1.807) is 0 Å². The number of hydrogen-bond acceptors (Lipinski definition) is 6. The summed E-state index contributed by atoms with van der Waals surface area (Å²) in [5, 5.41) is 0. The number of unbranched alkanes of at least 4 members (excludes halogenated alkanes) is 46. The topological polar surface area (TPSA) is 78.9 Å². The van der Waals surface area contributed by atoms with Gasteiger partial charge in [-0.1, -0.05) is 326 Å². The molecule has 6 nitrogen and oxygen atoms in total. The molecule has 1 atom stereocenters. The van der Waals surface area contributed by atoms with E-state index in [0.717, 1.165) is 103 Å². The second kappa shape index (κ2) is 67.9. The van der Waals surface area contributed by atoms with Crippen molar-refractivity contribution in [2.45, 2.75) is 386 Å². The normalized spacial score (nSPS) is 12.3. The molecule has 0 aliphatic heterocycles. The van der Waals surface area contributed by atoms with Crippen LogP contribution < -0.4 is 0 Å². The summed E-state index contributed by atoms with van der Waals surface area (Å²) in [7, 11) is 0. The summed E-state index contributed by atoms with van der Waals surface area (Å²) >= 11 is 0. The zero-order chi connectivity index (χ0) is 57.1. The fraction of sp³-hybridized carbons (Fsp3) is 0.849. The Bertz CT molecular complexity index is 1360. The molecule has 0 bridgehead atoms. The number of allylic oxidation sites excluding steroid dienone is 8. The van der Waals surface area contributed by atoms with Crippen LogP contribution in [0, 0.1) is 0 Å². The van der Waals surface area contributed by atoms with Crippen LogP contribution in [-0.4, -0.2) is 37.2 Å². The number of ether oxygens (including phenoxy) is 3. The van der Waals surface area contributed by atoms with Crippen LogP contribution in [-0.2, 0) is 28.6 Å². The summed E-state index contributed by atoms with van der Waals surface area (Å²) in [6, 6.07) is 0. The zero-order valence-electron chi connectivity index (χ0n) is 53.2. The molecule has 79 heavy (non-hydrogen) atoms. The van der Waals surface area contributed by atoms with Crippen molar-refractivity contribution < 1.29 is 28.6 Å². The standard InChI is InChI=1S/C73H134O6/c1-4-7-10-13-16-19-22-25-28-30-31-32-33-34-35-36-37-38-39-40-41-42-43-46-48-51-54-57-60-63-66-72(75)78-69-70(68-77-71(74)65-62-59-56-53-50-47-44-27-24-21-18-15-12-9-6-3)79-73(76)67-64-61-58-55-52-49-45-29-26-23-20-17-14-11-8-5-2/h18,20-21,23,27,29,44-45,70H,4-17,19,22,24-26,28,30-43,46-69H2,1-3H3/b21-18-,23-20-,44-27-,45-29-. The molecule has 0 saturated carbocycles. The van der Waals surface area contributed by atoms with Gasteiger partial charge in [0.15, 0.2) is 6.10 Å². The minimum Gasteiger partial charge on any atom is -0.462 e. The first-order valence-corrected chi connectivity index (χ1v) is 35.1. The molecule has 0 aromatic rings. The molecule has 0 spiro atoms. The lowest BCUT2D eigenvalue weighted by Crippen LogP contribution is -2.30. The number of esters is 3. The maximum atomic E-state index is 12.9.